The minimum Gasteiger partial charge on any atom is -0.501 e. The van der Waals surface area contributed by atoms with Gasteiger partial charge >= 0.3 is 0 Å². The van der Waals surface area contributed by atoms with Gasteiger partial charge in [-0.1, -0.05) is 0 Å². The number of carbonyl (C=O) groups is 1. The molecular weight excluding hydrogens is 410 g/mol. The monoisotopic (exact) mass is 427 g/mol. The Hall–Kier alpha value is -1.71. The normalized spacial score (nSPS) is 15.7. The van der Waals surface area contributed by atoms with Gasteiger partial charge in [0.15, 0.2) is 5.69 Å². The third-order valence-corrected chi connectivity index (χ3v) is 5.99. The van der Waals surface area contributed by atoms with Crippen molar-refractivity contribution in [3.8, 4) is 5.75 Å². The van der Waals surface area contributed by atoms with Crippen molar-refractivity contribution in [1.82, 2.24) is 14.9 Å². The van der Waals surface area contributed by atoms with E-state index in [-0.39, 0.29) is 12.2 Å². The maximum Gasteiger partial charge on any atom is 0.296 e. The van der Waals surface area contributed by atoms with E-state index in [1.807, 2.05) is 13.0 Å². The quantitative estimate of drug-likeness (QED) is 0.783. The van der Waals surface area contributed by atoms with Gasteiger partial charge in [-0.05, 0) is 42.8 Å². The molecule has 3 rings (SSSR count). The lowest BCUT2D eigenvalue weighted by Crippen LogP contribution is -2.42. The molecule has 3 heterocycles. The summed E-state index contributed by atoms with van der Waals surface area (Å²) in [4.78, 5) is 31.2. The van der Waals surface area contributed by atoms with E-state index in [9.17, 15) is 14.7 Å². The van der Waals surface area contributed by atoms with Crippen LogP contribution in [-0.2, 0) is 23.4 Å². The molecule has 0 aromatic carbocycles. The maximum absolute atomic E-state index is 12.5. The molecule has 0 saturated carbocycles. The SMILES string of the molecule is Cc1cc(Br)c(CNC(=O)c2nc3n(c(=O)c2O)CCOC3(C)C)s1. The smallest absolute Gasteiger partial charge is 0.296 e. The third-order valence-electron chi connectivity index (χ3n) is 3.97. The van der Waals surface area contributed by atoms with Crippen LogP contribution in [0.15, 0.2) is 15.3 Å². The molecule has 0 aliphatic carbocycles. The Kier molecular flexibility index (Phi) is 4.74. The first-order chi connectivity index (χ1) is 11.7. The van der Waals surface area contributed by atoms with E-state index in [1.54, 1.807) is 25.2 Å². The molecule has 0 fully saturated rings. The summed E-state index contributed by atoms with van der Waals surface area (Å²) in [5.41, 5.74) is -1.72. The number of thiophene rings is 1. The van der Waals surface area contributed by atoms with Gasteiger partial charge in [0.25, 0.3) is 11.5 Å². The number of aromatic hydroxyl groups is 1. The summed E-state index contributed by atoms with van der Waals surface area (Å²) in [6.45, 7) is 6.43. The van der Waals surface area contributed by atoms with Crippen molar-refractivity contribution in [3.63, 3.8) is 0 Å². The van der Waals surface area contributed by atoms with Gasteiger partial charge in [0.1, 0.15) is 11.4 Å². The molecule has 9 heteroatoms. The maximum atomic E-state index is 12.5. The topological polar surface area (TPSA) is 93.5 Å². The van der Waals surface area contributed by atoms with E-state index in [0.29, 0.717) is 19.0 Å². The van der Waals surface area contributed by atoms with Gasteiger partial charge in [0, 0.05) is 14.2 Å². The van der Waals surface area contributed by atoms with Gasteiger partial charge in [-0.15, -0.1) is 11.3 Å². The molecule has 134 valence electrons. The summed E-state index contributed by atoms with van der Waals surface area (Å²) in [6, 6.07) is 1.97. The number of carbonyl (C=O) groups excluding carboxylic acids is 1. The molecule has 0 radical (unpaired) electrons. The first-order valence-corrected chi connectivity index (χ1v) is 9.33. The minimum absolute atomic E-state index is 0.275. The van der Waals surface area contributed by atoms with Gasteiger partial charge in [-0.25, -0.2) is 4.98 Å². The molecule has 2 aromatic rings. The minimum atomic E-state index is -0.811. The second-order valence-electron chi connectivity index (χ2n) is 6.26. The van der Waals surface area contributed by atoms with Crippen molar-refractivity contribution in [2.75, 3.05) is 6.61 Å². The second kappa shape index (κ2) is 6.54. The highest BCUT2D eigenvalue weighted by Crippen LogP contribution is 2.28. The van der Waals surface area contributed by atoms with Crippen molar-refractivity contribution in [1.29, 1.82) is 0 Å². The van der Waals surface area contributed by atoms with Crippen LogP contribution in [0.5, 0.6) is 5.75 Å². The third kappa shape index (κ3) is 3.36. The van der Waals surface area contributed by atoms with Crippen LogP contribution in [-0.4, -0.2) is 27.2 Å². The van der Waals surface area contributed by atoms with Crippen LogP contribution in [0.1, 0.15) is 39.9 Å². The number of amides is 1. The van der Waals surface area contributed by atoms with E-state index in [2.05, 4.69) is 26.2 Å². The molecule has 0 bridgehead atoms. The summed E-state index contributed by atoms with van der Waals surface area (Å²) in [6.07, 6.45) is 0. The number of nitrogens with one attached hydrogen (secondary N) is 1. The number of hydrogen-bond donors (Lipinski definition) is 2. The molecule has 25 heavy (non-hydrogen) atoms. The fourth-order valence-electron chi connectivity index (χ4n) is 2.72. The lowest BCUT2D eigenvalue weighted by atomic mass is 10.1. The van der Waals surface area contributed by atoms with Crippen LogP contribution in [0, 0.1) is 6.92 Å². The molecule has 1 amide bonds. The van der Waals surface area contributed by atoms with E-state index in [4.69, 9.17) is 4.74 Å². The van der Waals surface area contributed by atoms with Crippen LogP contribution in [0.25, 0.3) is 0 Å². The fourth-order valence-corrected chi connectivity index (χ4v) is 4.47. The first kappa shape index (κ1) is 18.1. The van der Waals surface area contributed by atoms with Crippen LogP contribution >= 0.6 is 27.3 Å². The molecule has 0 spiro atoms. The van der Waals surface area contributed by atoms with Crippen LogP contribution in [0.4, 0.5) is 0 Å². The van der Waals surface area contributed by atoms with Crippen LogP contribution < -0.4 is 10.9 Å². The number of rotatable bonds is 3. The summed E-state index contributed by atoms with van der Waals surface area (Å²) < 4.78 is 7.89. The van der Waals surface area contributed by atoms with Crippen molar-refractivity contribution >= 4 is 33.2 Å². The zero-order valence-electron chi connectivity index (χ0n) is 14.1. The predicted octanol–water partition coefficient (Wildman–Crippen LogP) is 2.28. The van der Waals surface area contributed by atoms with Crippen molar-refractivity contribution in [2.24, 2.45) is 0 Å². The molecule has 2 aromatic heterocycles. The molecule has 1 aliphatic rings. The van der Waals surface area contributed by atoms with Gasteiger partial charge < -0.3 is 15.2 Å². The fraction of sp³-hybridized carbons (Fsp3) is 0.438. The molecule has 0 atom stereocenters. The summed E-state index contributed by atoms with van der Waals surface area (Å²) >= 11 is 4.99. The number of hydrogen-bond acceptors (Lipinski definition) is 6. The molecule has 0 unspecified atom stereocenters. The first-order valence-electron chi connectivity index (χ1n) is 7.72. The Labute approximate surface area is 156 Å². The summed E-state index contributed by atoms with van der Waals surface area (Å²) in [5.74, 6) is -0.905. The molecule has 7 nitrogen and oxygen atoms in total. The molecule has 0 saturated heterocycles. The lowest BCUT2D eigenvalue weighted by Gasteiger charge is -2.32. The van der Waals surface area contributed by atoms with Gasteiger partial charge in [-0.3, -0.25) is 14.2 Å². The number of nitrogens with zero attached hydrogens (tertiary/aromatic N) is 2. The zero-order chi connectivity index (χ0) is 18.4. The van der Waals surface area contributed by atoms with E-state index >= 15 is 0 Å². The van der Waals surface area contributed by atoms with Gasteiger partial charge in [0.2, 0.25) is 5.75 Å². The number of aromatic nitrogens is 2. The predicted molar refractivity (Wildman–Crippen MR) is 97.1 cm³/mol. The average molecular weight is 428 g/mol. The molecule has 1 aliphatic heterocycles. The number of aryl methyl sites for hydroxylation is 1. The molecular formula is C16H18BrN3O4S. The van der Waals surface area contributed by atoms with E-state index in [1.165, 1.54) is 4.57 Å². The standard InChI is InChI=1S/C16H18BrN3O4S/c1-8-6-9(17)10(25-8)7-18-13(22)11-12(21)14(23)20-4-5-24-16(2,3)15(20)19-11/h6,21H,4-5,7H2,1-3H3,(H,18,22). The van der Waals surface area contributed by atoms with E-state index in [0.717, 1.165) is 14.2 Å². The van der Waals surface area contributed by atoms with Crippen LogP contribution in [0.2, 0.25) is 0 Å². The van der Waals surface area contributed by atoms with Gasteiger partial charge in [0.05, 0.1) is 19.7 Å². The highest BCUT2D eigenvalue weighted by atomic mass is 79.9. The van der Waals surface area contributed by atoms with Crippen LogP contribution in [0.3, 0.4) is 0 Å². The highest BCUT2D eigenvalue weighted by molar-refractivity contribution is 9.10. The molecule has 2 N–H and O–H groups in total. The highest BCUT2D eigenvalue weighted by Gasteiger charge is 2.34. The number of halogens is 1. The Morgan fingerprint density at radius 2 is 2.28 bits per heavy atom. The number of ether oxygens (including phenoxy) is 1. The van der Waals surface area contributed by atoms with E-state index < -0.39 is 22.8 Å². The Balaban J connectivity index is 1.92. The lowest BCUT2D eigenvalue weighted by molar-refractivity contribution is -0.0566. The number of fused-ring (bicyclic) bond motifs is 1. The summed E-state index contributed by atoms with van der Waals surface area (Å²) in [5, 5.41) is 12.8. The Morgan fingerprint density at radius 1 is 1.56 bits per heavy atom. The largest absolute Gasteiger partial charge is 0.501 e. The Morgan fingerprint density at radius 3 is 2.92 bits per heavy atom. The van der Waals surface area contributed by atoms with Crippen molar-refractivity contribution < 1.29 is 14.6 Å². The van der Waals surface area contributed by atoms with Crippen molar-refractivity contribution in [2.45, 2.75) is 39.5 Å². The van der Waals surface area contributed by atoms with Gasteiger partial charge in [-0.2, -0.15) is 0 Å². The zero-order valence-corrected chi connectivity index (χ0v) is 16.5. The summed E-state index contributed by atoms with van der Waals surface area (Å²) in [7, 11) is 0. The Bertz CT molecular complexity index is 904. The second-order valence-corrected chi connectivity index (χ2v) is 8.45. The van der Waals surface area contributed by atoms with Crippen molar-refractivity contribution in [3.05, 3.63) is 42.2 Å². The average Bonchev–Trinajstić information content (AvgIpc) is 2.86.